The normalized spacial score (nSPS) is 15.8. The molecule has 5 nitrogen and oxygen atoms in total. The van der Waals surface area contributed by atoms with Gasteiger partial charge in [-0.05, 0) is 44.1 Å². The number of nitrogens with one attached hydrogen (secondary N) is 2. The number of sulfonamides is 1. The van der Waals surface area contributed by atoms with Crippen LogP contribution in [0.5, 0.6) is 0 Å². The smallest absolute Gasteiger partial charge is 0.240 e. The highest BCUT2D eigenvalue weighted by Gasteiger charge is 2.21. The molecule has 1 aromatic carbocycles. The first kappa shape index (κ1) is 16.3. The number of anilines is 1. The molecule has 6 heteroatoms. The van der Waals surface area contributed by atoms with E-state index >= 15 is 0 Å². The van der Waals surface area contributed by atoms with Crippen LogP contribution in [0.4, 0.5) is 5.69 Å². The fraction of sp³-hybridized carbons (Fsp3) is 0.600. The lowest BCUT2D eigenvalue weighted by molar-refractivity contribution is 0.282. The first-order chi connectivity index (χ1) is 9.96. The van der Waals surface area contributed by atoms with Gasteiger partial charge in [-0.3, -0.25) is 0 Å². The van der Waals surface area contributed by atoms with Crippen LogP contribution in [0.1, 0.15) is 26.3 Å². The molecule has 0 bridgehead atoms. The van der Waals surface area contributed by atoms with E-state index < -0.39 is 10.0 Å². The summed E-state index contributed by atoms with van der Waals surface area (Å²) in [6, 6.07) is 5.21. The van der Waals surface area contributed by atoms with Crippen LogP contribution in [-0.2, 0) is 16.4 Å². The molecule has 0 fully saturated rings. The summed E-state index contributed by atoms with van der Waals surface area (Å²) in [5.74, 6) is 0. The Morgan fingerprint density at radius 1 is 1.33 bits per heavy atom. The van der Waals surface area contributed by atoms with Gasteiger partial charge in [-0.15, -0.1) is 0 Å². The summed E-state index contributed by atoms with van der Waals surface area (Å²) in [6.07, 6.45) is 0.960. The van der Waals surface area contributed by atoms with Crippen molar-refractivity contribution in [1.29, 1.82) is 0 Å². The summed E-state index contributed by atoms with van der Waals surface area (Å²) in [5.41, 5.74) is 2.12. The van der Waals surface area contributed by atoms with Gasteiger partial charge < -0.3 is 10.2 Å². The van der Waals surface area contributed by atoms with Gasteiger partial charge in [0.05, 0.1) is 4.90 Å². The molecule has 21 heavy (non-hydrogen) atoms. The molecule has 0 spiro atoms. The monoisotopic (exact) mass is 311 g/mol. The van der Waals surface area contributed by atoms with Crippen molar-refractivity contribution in [3.8, 4) is 0 Å². The van der Waals surface area contributed by atoms with Crippen molar-refractivity contribution in [3.05, 3.63) is 23.8 Å². The highest BCUT2D eigenvalue weighted by atomic mass is 32.2. The molecular formula is C15H25N3O2S. The Morgan fingerprint density at radius 3 is 2.71 bits per heavy atom. The molecule has 118 valence electrons. The predicted molar refractivity (Wildman–Crippen MR) is 86.2 cm³/mol. The summed E-state index contributed by atoms with van der Waals surface area (Å²) in [4.78, 5) is 2.54. The van der Waals surface area contributed by atoms with Crippen LogP contribution in [0.15, 0.2) is 23.1 Å². The number of benzene rings is 1. The maximum absolute atomic E-state index is 12.4. The molecule has 0 amide bonds. The van der Waals surface area contributed by atoms with Crippen molar-refractivity contribution in [3.63, 3.8) is 0 Å². The maximum Gasteiger partial charge on any atom is 0.240 e. The highest BCUT2D eigenvalue weighted by Crippen LogP contribution is 2.25. The fourth-order valence-corrected chi connectivity index (χ4v) is 3.94. The second kappa shape index (κ2) is 6.77. The lowest BCUT2D eigenvalue weighted by atomic mass is 10.2. The first-order valence-corrected chi connectivity index (χ1v) is 9.06. The van der Waals surface area contributed by atoms with Crippen molar-refractivity contribution >= 4 is 15.7 Å². The largest absolute Gasteiger partial charge is 0.384 e. The molecule has 0 aliphatic carbocycles. The molecule has 0 radical (unpaired) electrons. The third-order valence-electron chi connectivity index (χ3n) is 3.88. The van der Waals surface area contributed by atoms with Crippen molar-refractivity contribution in [2.24, 2.45) is 0 Å². The average Bonchev–Trinajstić information content (AvgIpc) is 2.91. The maximum atomic E-state index is 12.4. The molecule has 0 saturated carbocycles. The number of rotatable bonds is 7. The highest BCUT2D eigenvalue weighted by molar-refractivity contribution is 7.89. The molecule has 1 aromatic rings. The fourth-order valence-electron chi connectivity index (χ4n) is 2.68. The molecule has 2 rings (SSSR count). The van der Waals surface area contributed by atoms with Crippen molar-refractivity contribution in [2.75, 3.05) is 31.5 Å². The zero-order valence-electron chi connectivity index (χ0n) is 13.0. The van der Waals surface area contributed by atoms with Crippen LogP contribution in [-0.4, -0.2) is 45.5 Å². The molecule has 1 atom stereocenters. The third kappa shape index (κ3) is 3.96. The second-order valence-corrected chi connectivity index (χ2v) is 7.22. The van der Waals surface area contributed by atoms with Crippen LogP contribution in [0.2, 0.25) is 0 Å². The third-order valence-corrected chi connectivity index (χ3v) is 5.47. The van der Waals surface area contributed by atoms with Gasteiger partial charge in [0, 0.05) is 24.8 Å². The van der Waals surface area contributed by atoms with Crippen LogP contribution in [0.25, 0.3) is 0 Å². The van der Waals surface area contributed by atoms with E-state index in [1.54, 1.807) is 12.1 Å². The molecule has 2 N–H and O–H groups in total. The van der Waals surface area contributed by atoms with E-state index in [1.807, 2.05) is 13.0 Å². The minimum Gasteiger partial charge on any atom is -0.384 e. The quantitative estimate of drug-likeness (QED) is 0.804. The minimum absolute atomic E-state index is 0.115. The number of hydrogen-bond donors (Lipinski definition) is 2. The van der Waals surface area contributed by atoms with E-state index in [-0.39, 0.29) is 6.04 Å². The van der Waals surface area contributed by atoms with Crippen LogP contribution in [0.3, 0.4) is 0 Å². The Morgan fingerprint density at radius 2 is 2.05 bits per heavy atom. The average molecular weight is 311 g/mol. The van der Waals surface area contributed by atoms with Gasteiger partial charge >= 0.3 is 0 Å². The van der Waals surface area contributed by atoms with Gasteiger partial charge in [-0.1, -0.05) is 19.9 Å². The Bertz CT molecular complexity index is 583. The molecule has 0 saturated heterocycles. The molecule has 1 unspecified atom stereocenters. The van der Waals surface area contributed by atoms with E-state index in [0.717, 1.165) is 38.3 Å². The lowest BCUT2D eigenvalue weighted by Gasteiger charge is -2.23. The molecule has 1 aliphatic rings. The van der Waals surface area contributed by atoms with E-state index in [2.05, 4.69) is 28.8 Å². The van der Waals surface area contributed by atoms with Gasteiger partial charge in [-0.25, -0.2) is 13.1 Å². The van der Waals surface area contributed by atoms with Crippen LogP contribution in [0, 0.1) is 0 Å². The summed E-state index contributed by atoms with van der Waals surface area (Å²) >= 11 is 0. The standard InChI is InChI=1S/C15H25N3O2S/c1-4-18(5-2)11-12(3)17-21(19,20)14-7-6-13-8-9-16-15(13)10-14/h6-7,10,12,16-17H,4-5,8-9,11H2,1-3H3. The second-order valence-electron chi connectivity index (χ2n) is 5.50. The van der Waals surface area contributed by atoms with Crippen molar-refractivity contribution < 1.29 is 8.42 Å². The van der Waals surface area contributed by atoms with E-state index in [4.69, 9.17) is 0 Å². The topological polar surface area (TPSA) is 61.4 Å². The predicted octanol–water partition coefficient (Wildman–Crippen LogP) is 1.66. The number of nitrogens with zero attached hydrogens (tertiary/aromatic N) is 1. The number of likely N-dealkylation sites (N-methyl/N-ethyl adjacent to an activating group) is 1. The SMILES string of the molecule is CCN(CC)CC(C)NS(=O)(=O)c1ccc2c(c1)NCC2. The minimum atomic E-state index is -3.46. The van der Waals surface area contributed by atoms with Gasteiger partial charge in [0.15, 0.2) is 0 Å². The molecule has 1 aliphatic heterocycles. The zero-order chi connectivity index (χ0) is 15.5. The van der Waals surface area contributed by atoms with E-state index in [9.17, 15) is 8.42 Å². The summed E-state index contributed by atoms with van der Waals surface area (Å²) in [5, 5.41) is 3.22. The van der Waals surface area contributed by atoms with Crippen molar-refractivity contribution in [2.45, 2.75) is 38.1 Å². The Hall–Kier alpha value is -1.11. The Labute approximate surface area is 127 Å². The van der Waals surface area contributed by atoms with Gasteiger partial charge in [0.25, 0.3) is 0 Å². The molecule has 0 aromatic heterocycles. The Balaban J connectivity index is 2.08. The Kier molecular flexibility index (Phi) is 5.24. The number of fused-ring (bicyclic) bond motifs is 1. The van der Waals surface area contributed by atoms with Crippen molar-refractivity contribution in [1.82, 2.24) is 9.62 Å². The molecular weight excluding hydrogens is 286 g/mol. The van der Waals surface area contributed by atoms with E-state index in [0.29, 0.717) is 4.90 Å². The first-order valence-electron chi connectivity index (χ1n) is 7.57. The van der Waals surface area contributed by atoms with E-state index in [1.165, 1.54) is 5.56 Å². The van der Waals surface area contributed by atoms with Gasteiger partial charge in [0.2, 0.25) is 10.0 Å². The van der Waals surface area contributed by atoms with Gasteiger partial charge in [0.1, 0.15) is 0 Å². The zero-order valence-corrected chi connectivity index (χ0v) is 13.8. The summed E-state index contributed by atoms with van der Waals surface area (Å²) in [7, 11) is -3.46. The number of hydrogen-bond acceptors (Lipinski definition) is 4. The lowest BCUT2D eigenvalue weighted by Crippen LogP contribution is -2.41. The summed E-state index contributed by atoms with van der Waals surface area (Å²) < 4.78 is 27.7. The molecule has 1 heterocycles. The van der Waals surface area contributed by atoms with Gasteiger partial charge in [-0.2, -0.15) is 0 Å². The van der Waals surface area contributed by atoms with Crippen LogP contribution >= 0.6 is 0 Å². The summed E-state index contributed by atoms with van der Waals surface area (Å²) in [6.45, 7) is 9.51. The van der Waals surface area contributed by atoms with Crippen LogP contribution < -0.4 is 10.0 Å².